The molecule has 0 saturated heterocycles. The predicted octanol–water partition coefficient (Wildman–Crippen LogP) is 3.42. The van der Waals surface area contributed by atoms with E-state index in [4.69, 9.17) is 11.1 Å². The number of nitrogens with one attached hydrogen (secondary N) is 3. The lowest BCUT2D eigenvalue weighted by Crippen LogP contribution is -2.22. The molecule has 5 rings (SSSR count). The molecule has 2 amide bonds. The Morgan fingerprint density at radius 1 is 1.03 bits per heavy atom. The summed E-state index contributed by atoms with van der Waals surface area (Å²) in [6, 6.07) is 17.2. The first-order valence-corrected chi connectivity index (χ1v) is 13.0. The molecule has 5 N–H and O–H groups in total. The number of carbonyl (C=O) groups is 2. The summed E-state index contributed by atoms with van der Waals surface area (Å²) in [5, 5.41) is 13.6. The third-order valence-corrected chi connectivity index (χ3v) is 8.54. The quantitative estimate of drug-likeness (QED) is 0.235. The van der Waals surface area contributed by atoms with Crippen LogP contribution in [0.25, 0.3) is 10.6 Å². The maximum Gasteiger partial charge on any atom is 0.257 e. The first kappa shape index (κ1) is 23.4. The van der Waals surface area contributed by atoms with Gasteiger partial charge in [-0.3, -0.25) is 15.0 Å². The number of fused-ring (bicyclic) bond motifs is 2. The highest BCUT2D eigenvalue weighted by atomic mass is 32.2. The van der Waals surface area contributed by atoms with E-state index in [1.807, 2.05) is 12.1 Å². The molecular formula is C25H19N5O4S2. The van der Waals surface area contributed by atoms with Crippen LogP contribution in [0.15, 0.2) is 82.7 Å². The summed E-state index contributed by atoms with van der Waals surface area (Å²) >= 11 is 1.41. The largest absolute Gasteiger partial charge is 0.384 e. The molecule has 1 aromatic heterocycles. The number of thiazole rings is 1. The zero-order chi connectivity index (χ0) is 25.4. The summed E-state index contributed by atoms with van der Waals surface area (Å²) in [5.74, 6) is -0.991. The number of rotatable bonds is 5. The SMILES string of the molecule is N=C(N)c1ccc(-c2ncc(CNC(=O)c3ccc4c(c3)NC(=O)c3ccccc3S4(=O)=O)s2)cc1. The van der Waals surface area contributed by atoms with E-state index in [9.17, 15) is 18.0 Å². The van der Waals surface area contributed by atoms with E-state index in [2.05, 4.69) is 15.6 Å². The Kier molecular flexibility index (Phi) is 5.86. The van der Waals surface area contributed by atoms with E-state index in [-0.39, 0.29) is 39.0 Å². The molecule has 1 aliphatic rings. The first-order valence-electron chi connectivity index (χ1n) is 10.7. The van der Waals surface area contributed by atoms with Crippen LogP contribution in [0.4, 0.5) is 5.69 Å². The fraction of sp³-hybridized carbons (Fsp3) is 0.0400. The number of anilines is 1. The van der Waals surface area contributed by atoms with Gasteiger partial charge in [0.2, 0.25) is 9.84 Å². The molecule has 2 heterocycles. The Morgan fingerprint density at radius 2 is 1.75 bits per heavy atom. The van der Waals surface area contributed by atoms with E-state index in [1.165, 1.54) is 41.7 Å². The standard InChI is InChI=1S/C25H19N5O4S2/c26-22(27)14-5-7-15(8-6-14)25-29-13-17(35-25)12-28-23(31)16-9-10-21-19(11-16)30-24(32)18-3-1-2-4-20(18)36(21,33)34/h1-11,13H,12H2,(H3,26,27)(H,28,31)(H,30,32). The molecule has 11 heteroatoms. The van der Waals surface area contributed by atoms with Gasteiger partial charge in [0.15, 0.2) is 0 Å². The summed E-state index contributed by atoms with van der Waals surface area (Å²) < 4.78 is 26.2. The highest BCUT2D eigenvalue weighted by Gasteiger charge is 2.31. The van der Waals surface area contributed by atoms with Crippen molar-refractivity contribution in [2.75, 3.05) is 5.32 Å². The molecule has 0 saturated carbocycles. The summed E-state index contributed by atoms with van der Waals surface area (Å²) in [4.78, 5) is 30.5. The Balaban J connectivity index is 1.33. The second kappa shape index (κ2) is 9.02. The summed E-state index contributed by atoms with van der Waals surface area (Å²) in [7, 11) is -3.94. The van der Waals surface area contributed by atoms with Crippen molar-refractivity contribution < 1.29 is 18.0 Å². The zero-order valence-corrected chi connectivity index (χ0v) is 20.2. The number of nitrogens with zero attached hydrogens (tertiary/aromatic N) is 1. The lowest BCUT2D eigenvalue weighted by atomic mass is 10.1. The van der Waals surface area contributed by atoms with Gasteiger partial charge in [-0.1, -0.05) is 36.4 Å². The molecule has 180 valence electrons. The van der Waals surface area contributed by atoms with Gasteiger partial charge in [-0.25, -0.2) is 13.4 Å². The summed E-state index contributed by atoms with van der Waals surface area (Å²) in [6.07, 6.45) is 1.67. The van der Waals surface area contributed by atoms with Gasteiger partial charge in [-0.15, -0.1) is 11.3 Å². The maximum atomic E-state index is 13.1. The Bertz CT molecular complexity index is 1640. The average Bonchev–Trinajstić information content (AvgIpc) is 3.33. The third kappa shape index (κ3) is 4.25. The fourth-order valence-electron chi connectivity index (χ4n) is 3.78. The van der Waals surface area contributed by atoms with Crippen LogP contribution in [0.2, 0.25) is 0 Å². The van der Waals surface area contributed by atoms with Gasteiger partial charge in [0, 0.05) is 27.8 Å². The minimum absolute atomic E-state index is 0.0106. The number of hydrogen-bond acceptors (Lipinski definition) is 7. The van der Waals surface area contributed by atoms with E-state index >= 15 is 0 Å². The van der Waals surface area contributed by atoms with Crippen LogP contribution in [0.1, 0.15) is 31.2 Å². The molecule has 0 unspecified atom stereocenters. The molecule has 0 fully saturated rings. The molecule has 0 spiro atoms. The number of benzene rings is 3. The second-order valence-electron chi connectivity index (χ2n) is 7.97. The highest BCUT2D eigenvalue weighted by Crippen LogP contribution is 2.34. The molecule has 36 heavy (non-hydrogen) atoms. The topological polar surface area (TPSA) is 155 Å². The summed E-state index contributed by atoms with van der Waals surface area (Å²) in [5.41, 5.74) is 7.29. The number of nitrogens with two attached hydrogens (primary N) is 1. The van der Waals surface area contributed by atoms with Crippen LogP contribution < -0.4 is 16.4 Å². The monoisotopic (exact) mass is 517 g/mol. The van der Waals surface area contributed by atoms with Crippen LogP contribution in [0.5, 0.6) is 0 Å². The molecule has 0 bridgehead atoms. The van der Waals surface area contributed by atoms with Gasteiger partial charge in [0.05, 0.1) is 27.6 Å². The van der Waals surface area contributed by atoms with Crippen molar-refractivity contribution in [2.45, 2.75) is 16.3 Å². The first-order chi connectivity index (χ1) is 17.2. The van der Waals surface area contributed by atoms with Crippen LogP contribution in [-0.2, 0) is 16.4 Å². The van der Waals surface area contributed by atoms with Crippen molar-refractivity contribution in [3.8, 4) is 10.6 Å². The van der Waals surface area contributed by atoms with E-state index in [1.54, 1.807) is 30.5 Å². The molecule has 0 aliphatic carbocycles. The van der Waals surface area contributed by atoms with Gasteiger partial charge in [0.1, 0.15) is 10.8 Å². The molecule has 1 aliphatic heterocycles. The Morgan fingerprint density at radius 3 is 2.50 bits per heavy atom. The number of sulfone groups is 1. The van der Waals surface area contributed by atoms with Gasteiger partial charge in [0.25, 0.3) is 11.8 Å². The molecule has 0 radical (unpaired) electrons. The number of nitrogen functional groups attached to an aromatic ring is 1. The minimum Gasteiger partial charge on any atom is -0.384 e. The van der Waals surface area contributed by atoms with Crippen LogP contribution in [-0.4, -0.2) is 31.1 Å². The molecule has 4 aromatic rings. The van der Waals surface area contributed by atoms with E-state index in [0.717, 1.165) is 15.4 Å². The maximum absolute atomic E-state index is 13.1. The minimum atomic E-state index is -3.94. The van der Waals surface area contributed by atoms with Gasteiger partial charge >= 0.3 is 0 Å². The summed E-state index contributed by atoms with van der Waals surface area (Å²) in [6.45, 7) is 0.217. The molecule has 3 aromatic carbocycles. The lowest BCUT2D eigenvalue weighted by Gasteiger charge is -2.10. The molecule has 9 nitrogen and oxygen atoms in total. The van der Waals surface area contributed by atoms with Gasteiger partial charge in [-0.05, 0) is 30.3 Å². The average molecular weight is 518 g/mol. The fourth-order valence-corrected chi connectivity index (χ4v) is 6.23. The van der Waals surface area contributed by atoms with E-state index < -0.39 is 21.7 Å². The smallest absolute Gasteiger partial charge is 0.257 e. The van der Waals surface area contributed by atoms with Gasteiger partial charge in [-0.2, -0.15) is 0 Å². The number of amides is 2. The number of amidine groups is 1. The predicted molar refractivity (Wildman–Crippen MR) is 136 cm³/mol. The molecule has 0 atom stereocenters. The Hall–Kier alpha value is -4.35. The number of aromatic nitrogens is 1. The lowest BCUT2D eigenvalue weighted by molar-refractivity contribution is 0.0949. The van der Waals surface area contributed by atoms with Crippen LogP contribution in [0.3, 0.4) is 0 Å². The van der Waals surface area contributed by atoms with E-state index in [0.29, 0.717) is 5.56 Å². The molecular weight excluding hydrogens is 498 g/mol. The highest BCUT2D eigenvalue weighted by molar-refractivity contribution is 7.91. The van der Waals surface area contributed by atoms with Crippen molar-refractivity contribution in [3.05, 3.63) is 94.5 Å². The van der Waals surface area contributed by atoms with Crippen molar-refractivity contribution in [2.24, 2.45) is 5.73 Å². The third-order valence-electron chi connectivity index (χ3n) is 5.62. The normalized spacial score (nSPS) is 13.6. The van der Waals surface area contributed by atoms with Crippen LogP contribution in [0, 0.1) is 5.41 Å². The van der Waals surface area contributed by atoms with Gasteiger partial charge < -0.3 is 16.4 Å². The zero-order valence-electron chi connectivity index (χ0n) is 18.6. The number of carbonyl (C=O) groups excluding carboxylic acids is 2. The van der Waals surface area contributed by atoms with Crippen molar-refractivity contribution in [1.29, 1.82) is 5.41 Å². The van der Waals surface area contributed by atoms with Crippen molar-refractivity contribution in [3.63, 3.8) is 0 Å². The van der Waals surface area contributed by atoms with Crippen molar-refractivity contribution in [1.82, 2.24) is 10.3 Å². The van der Waals surface area contributed by atoms with Crippen molar-refractivity contribution >= 4 is 44.5 Å². The Labute approximate surface area is 210 Å². The number of hydrogen-bond donors (Lipinski definition) is 4. The second-order valence-corrected chi connectivity index (χ2v) is 11.0. The van der Waals surface area contributed by atoms with Crippen LogP contribution >= 0.6 is 11.3 Å².